The van der Waals surface area contributed by atoms with Crippen molar-refractivity contribution in [2.24, 2.45) is 0 Å². The molecule has 1 N–H and O–H groups in total. The first-order valence-corrected chi connectivity index (χ1v) is 7.74. The Morgan fingerprint density at radius 1 is 1.24 bits per heavy atom. The number of rotatable bonds is 5. The number of benzene rings is 1. The molecule has 1 unspecified atom stereocenters. The van der Waals surface area contributed by atoms with E-state index in [0.29, 0.717) is 12.6 Å². The van der Waals surface area contributed by atoms with Crippen LogP contribution in [0.2, 0.25) is 0 Å². The number of fused-ring (bicyclic) bond motifs is 1. The van der Waals surface area contributed by atoms with Crippen LogP contribution in [0.3, 0.4) is 0 Å². The van der Waals surface area contributed by atoms with Crippen molar-refractivity contribution >= 4 is 0 Å². The van der Waals surface area contributed by atoms with Crippen molar-refractivity contribution in [3.63, 3.8) is 0 Å². The average Bonchev–Trinajstić information content (AvgIpc) is 2.54. The molecular formula is C18H22N2O. The van der Waals surface area contributed by atoms with Crippen LogP contribution in [0.25, 0.3) is 0 Å². The van der Waals surface area contributed by atoms with Gasteiger partial charge >= 0.3 is 0 Å². The summed E-state index contributed by atoms with van der Waals surface area (Å²) in [5.74, 6) is 0.961. The molecule has 1 aromatic heterocycles. The van der Waals surface area contributed by atoms with E-state index in [1.165, 1.54) is 24.0 Å². The highest BCUT2D eigenvalue weighted by Gasteiger charge is 2.19. The van der Waals surface area contributed by atoms with Crippen LogP contribution in [-0.2, 0) is 13.0 Å². The summed E-state index contributed by atoms with van der Waals surface area (Å²) >= 11 is 0. The van der Waals surface area contributed by atoms with Gasteiger partial charge in [0.2, 0.25) is 0 Å². The van der Waals surface area contributed by atoms with Gasteiger partial charge in [0.15, 0.2) is 0 Å². The smallest absolute Gasteiger partial charge is 0.120 e. The van der Waals surface area contributed by atoms with Gasteiger partial charge in [-0.3, -0.25) is 4.98 Å². The molecule has 1 aromatic carbocycles. The van der Waals surface area contributed by atoms with E-state index in [2.05, 4.69) is 35.4 Å². The summed E-state index contributed by atoms with van der Waals surface area (Å²) < 4.78 is 5.91. The molecule has 0 saturated carbocycles. The molecule has 3 heteroatoms. The maximum Gasteiger partial charge on any atom is 0.120 e. The van der Waals surface area contributed by atoms with E-state index in [4.69, 9.17) is 4.74 Å². The molecule has 1 heterocycles. The fourth-order valence-electron chi connectivity index (χ4n) is 2.98. The molecule has 1 aliphatic carbocycles. The van der Waals surface area contributed by atoms with Crippen molar-refractivity contribution in [2.75, 3.05) is 6.54 Å². The summed E-state index contributed by atoms with van der Waals surface area (Å²) in [4.78, 5) is 4.02. The lowest BCUT2D eigenvalue weighted by Crippen LogP contribution is -2.24. The quantitative estimate of drug-likeness (QED) is 0.909. The molecule has 0 aliphatic heterocycles. The molecule has 0 bridgehead atoms. The lowest BCUT2D eigenvalue weighted by molar-refractivity contribution is 0.305. The fraction of sp³-hybridized carbons (Fsp3) is 0.389. The van der Waals surface area contributed by atoms with Crippen molar-refractivity contribution < 1.29 is 4.74 Å². The minimum absolute atomic E-state index is 0.507. The molecule has 110 valence electrons. The van der Waals surface area contributed by atoms with Crippen LogP contribution >= 0.6 is 0 Å². The molecule has 0 saturated heterocycles. The minimum Gasteiger partial charge on any atom is -0.489 e. The summed E-state index contributed by atoms with van der Waals surface area (Å²) in [7, 11) is 0. The third-order valence-electron chi connectivity index (χ3n) is 4.03. The lowest BCUT2D eigenvalue weighted by atomic mass is 9.87. The molecule has 3 rings (SSSR count). The second-order valence-corrected chi connectivity index (χ2v) is 5.51. The van der Waals surface area contributed by atoms with E-state index in [1.54, 1.807) is 12.4 Å². The lowest BCUT2D eigenvalue weighted by Gasteiger charge is -2.26. The molecule has 0 spiro atoms. The van der Waals surface area contributed by atoms with Gasteiger partial charge in [0.1, 0.15) is 12.4 Å². The Kier molecular flexibility index (Phi) is 4.51. The minimum atomic E-state index is 0.507. The topological polar surface area (TPSA) is 34.1 Å². The zero-order valence-corrected chi connectivity index (χ0v) is 12.5. The Labute approximate surface area is 126 Å². The second-order valence-electron chi connectivity index (χ2n) is 5.51. The second kappa shape index (κ2) is 6.72. The molecule has 0 fully saturated rings. The highest BCUT2D eigenvalue weighted by molar-refractivity contribution is 5.39. The first kappa shape index (κ1) is 14.1. The Balaban J connectivity index is 1.71. The largest absolute Gasteiger partial charge is 0.489 e. The van der Waals surface area contributed by atoms with Crippen LogP contribution < -0.4 is 10.1 Å². The van der Waals surface area contributed by atoms with E-state index in [9.17, 15) is 0 Å². The van der Waals surface area contributed by atoms with Crippen LogP contribution in [-0.4, -0.2) is 11.5 Å². The van der Waals surface area contributed by atoms with E-state index < -0.39 is 0 Å². The molecular weight excluding hydrogens is 260 g/mol. The van der Waals surface area contributed by atoms with E-state index >= 15 is 0 Å². The monoisotopic (exact) mass is 282 g/mol. The van der Waals surface area contributed by atoms with E-state index in [-0.39, 0.29) is 0 Å². The number of aryl methyl sites for hydroxylation is 1. The fourth-order valence-corrected chi connectivity index (χ4v) is 2.98. The van der Waals surface area contributed by atoms with Gasteiger partial charge < -0.3 is 10.1 Å². The van der Waals surface area contributed by atoms with Gasteiger partial charge in [-0.25, -0.2) is 0 Å². The molecule has 0 radical (unpaired) electrons. The summed E-state index contributed by atoms with van der Waals surface area (Å²) in [6.07, 6.45) is 7.24. The van der Waals surface area contributed by atoms with Gasteiger partial charge in [-0.05, 0) is 66.8 Å². The van der Waals surface area contributed by atoms with Crippen LogP contribution in [0.1, 0.15) is 42.5 Å². The molecule has 2 aromatic rings. The first-order chi connectivity index (χ1) is 10.4. The number of ether oxygens (including phenoxy) is 1. The number of pyridine rings is 1. The molecule has 1 atom stereocenters. The van der Waals surface area contributed by atoms with Crippen LogP contribution in [0.5, 0.6) is 5.75 Å². The van der Waals surface area contributed by atoms with Crippen molar-refractivity contribution in [3.8, 4) is 5.75 Å². The van der Waals surface area contributed by atoms with Gasteiger partial charge in [-0.1, -0.05) is 13.0 Å². The van der Waals surface area contributed by atoms with Crippen LogP contribution in [0.4, 0.5) is 0 Å². The number of hydrogen-bond acceptors (Lipinski definition) is 3. The molecule has 21 heavy (non-hydrogen) atoms. The number of nitrogens with one attached hydrogen (secondary N) is 1. The normalized spacial score (nSPS) is 17.3. The third-order valence-corrected chi connectivity index (χ3v) is 4.03. The van der Waals surface area contributed by atoms with Crippen LogP contribution in [0, 0.1) is 0 Å². The third kappa shape index (κ3) is 3.42. The highest BCUT2D eigenvalue weighted by atomic mass is 16.5. The zero-order chi connectivity index (χ0) is 14.5. The van der Waals surface area contributed by atoms with Crippen molar-refractivity contribution in [2.45, 2.75) is 38.8 Å². The zero-order valence-electron chi connectivity index (χ0n) is 12.5. The standard InChI is InChI=1S/C18H22N2O/c1-2-20-18-5-3-4-15-12-16(6-7-17(15)18)21-13-14-8-10-19-11-9-14/h6-12,18,20H,2-5,13H2,1H3. The molecule has 3 nitrogen and oxygen atoms in total. The predicted molar refractivity (Wildman–Crippen MR) is 84.4 cm³/mol. The SMILES string of the molecule is CCNC1CCCc2cc(OCc3ccncc3)ccc21. The summed E-state index contributed by atoms with van der Waals surface area (Å²) in [5.41, 5.74) is 4.02. The molecule has 1 aliphatic rings. The first-order valence-electron chi connectivity index (χ1n) is 7.74. The van der Waals surface area contributed by atoms with Crippen molar-refractivity contribution in [1.29, 1.82) is 0 Å². The van der Waals surface area contributed by atoms with Crippen molar-refractivity contribution in [1.82, 2.24) is 10.3 Å². The van der Waals surface area contributed by atoms with Crippen molar-refractivity contribution in [3.05, 3.63) is 59.4 Å². The van der Waals surface area contributed by atoms with E-state index in [1.807, 2.05) is 12.1 Å². The Morgan fingerprint density at radius 2 is 2.10 bits per heavy atom. The number of aromatic nitrogens is 1. The number of nitrogens with zero attached hydrogens (tertiary/aromatic N) is 1. The number of hydrogen-bond donors (Lipinski definition) is 1. The summed E-state index contributed by atoms with van der Waals surface area (Å²) in [5, 5.41) is 3.57. The Morgan fingerprint density at radius 3 is 2.90 bits per heavy atom. The van der Waals surface area contributed by atoms with E-state index in [0.717, 1.165) is 24.3 Å². The van der Waals surface area contributed by atoms with Gasteiger partial charge in [0, 0.05) is 18.4 Å². The van der Waals surface area contributed by atoms with Gasteiger partial charge in [0.05, 0.1) is 0 Å². The van der Waals surface area contributed by atoms with Crippen LogP contribution in [0.15, 0.2) is 42.7 Å². The summed E-state index contributed by atoms with van der Waals surface area (Å²) in [6, 6.07) is 11.0. The predicted octanol–water partition coefficient (Wildman–Crippen LogP) is 3.65. The highest BCUT2D eigenvalue weighted by Crippen LogP contribution is 2.32. The Hall–Kier alpha value is -1.87. The Bertz CT molecular complexity index is 583. The van der Waals surface area contributed by atoms with Gasteiger partial charge in [-0.15, -0.1) is 0 Å². The average molecular weight is 282 g/mol. The van der Waals surface area contributed by atoms with Gasteiger partial charge in [0.25, 0.3) is 0 Å². The maximum absolute atomic E-state index is 5.91. The summed E-state index contributed by atoms with van der Waals surface area (Å²) in [6.45, 7) is 3.78. The molecule has 0 amide bonds. The maximum atomic E-state index is 5.91. The van der Waals surface area contributed by atoms with Gasteiger partial charge in [-0.2, -0.15) is 0 Å².